The third-order valence-corrected chi connectivity index (χ3v) is 3.56. The van der Waals surface area contributed by atoms with Crippen molar-refractivity contribution in [2.45, 2.75) is 58.1 Å². The van der Waals surface area contributed by atoms with Crippen molar-refractivity contribution in [2.75, 3.05) is 20.3 Å². The average Bonchev–Trinajstić information content (AvgIpc) is 2.26. The molecule has 0 bridgehead atoms. The van der Waals surface area contributed by atoms with Gasteiger partial charge in [-0.05, 0) is 24.7 Å². The van der Waals surface area contributed by atoms with Crippen LogP contribution in [0, 0.1) is 5.41 Å². The summed E-state index contributed by atoms with van der Waals surface area (Å²) in [5, 5.41) is 13.4. The monoisotopic (exact) mass is 229 g/mol. The van der Waals surface area contributed by atoms with Crippen molar-refractivity contribution in [1.29, 1.82) is 0 Å². The van der Waals surface area contributed by atoms with Crippen molar-refractivity contribution in [1.82, 2.24) is 5.32 Å². The van der Waals surface area contributed by atoms with Crippen molar-refractivity contribution in [3.05, 3.63) is 0 Å². The van der Waals surface area contributed by atoms with Crippen LogP contribution in [0.3, 0.4) is 0 Å². The van der Waals surface area contributed by atoms with Gasteiger partial charge in [0, 0.05) is 26.3 Å². The van der Waals surface area contributed by atoms with Crippen LogP contribution < -0.4 is 5.32 Å². The van der Waals surface area contributed by atoms with E-state index in [0.29, 0.717) is 6.04 Å². The minimum absolute atomic E-state index is 0.146. The molecule has 1 saturated carbocycles. The topological polar surface area (TPSA) is 41.5 Å². The number of ether oxygens (including phenoxy) is 1. The summed E-state index contributed by atoms with van der Waals surface area (Å²) in [6.45, 7) is 6.25. The van der Waals surface area contributed by atoms with Crippen molar-refractivity contribution >= 4 is 0 Å². The van der Waals surface area contributed by atoms with Gasteiger partial charge in [0.1, 0.15) is 0 Å². The molecular formula is C13H27NO2. The number of methoxy groups -OCH3 is 1. The molecule has 0 saturated heterocycles. The van der Waals surface area contributed by atoms with Gasteiger partial charge < -0.3 is 15.2 Å². The molecule has 2 atom stereocenters. The Hall–Kier alpha value is -0.120. The van der Waals surface area contributed by atoms with Crippen LogP contribution in [-0.4, -0.2) is 37.5 Å². The molecule has 0 spiro atoms. The van der Waals surface area contributed by atoms with E-state index in [1.165, 1.54) is 12.8 Å². The largest absolute Gasteiger partial charge is 0.392 e. The van der Waals surface area contributed by atoms with Crippen molar-refractivity contribution in [3.63, 3.8) is 0 Å². The third-order valence-electron chi connectivity index (χ3n) is 3.56. The summed E-state index contributed by atoms with van der Waals surface area (Å²) in [5.74, 6) is 0. The Labute approximate surface area is 99.6 Å². The van der Waals surface area contributed by atoms with Gasteiger partial charge in [0.15, 0.2) is 0 Å². The molecule has 0 heterocycles. The molecule has 16 heavy (non-hydrogen) atoms. The Morgan fingerprint density at radius 1 is 1.31 bits per heavy atom. The number of aliphatic hydroxyl groups excluding tert-OH is 1. The summed E-state index contributed by atoms with van der Waals surface area (Å²) in [7, 11) is 1.74. The van der Waals surface area contributed by atoms with Gasteiger partial charge >= 0.3 is 0 Å². The fraction of sp³-hybridized carbons (Fsp3) is 1.00. The molecule has 1 aliphatic carbocycles. The fourth-order valence-electron chi connectivity index (χ4n) is 2.22. The number of hydrogen-bond acceptors (Lipinski definition) is 3. The molecule has 0 unspecified atom stereocenters. The standard InChI is InChI=1S/C13H27NO2/c1-13(2,8-9-16-3)10-14-11-6-4-5-7-12(11)15/h11-12,14-15H,4-10H2,1-3H3/t11-,12-/m0/s1. The van der Waals surface area contributed by atoms with E-state index < -0.39 is 0 Å². The number of nitrogens with one attached hydrogen (secondary N) is 1. The second-order valence-electron chi connectivity index (χ2n) is 5.75. The van der Waals surface area contributed by atoms with Gasteiger partial charge in [-0.2, -0.15) is 0 Å². The first kappa shape index (κ1) is 13.9. The minimum atomic E-state index is -0.146. The summed E-state index contributed by atoms with van der Waals surface area (Å²) in [5.41, 5.74) is 0.243. The highest BCUT2D eigenvalue weighted by molar-refractivity contribution is 4.83. The Bertz CT molecular complexity index is 194. The first-order valence-corrected chi connectivity index (χ1v) is 6.45. The highest BCUT2D eigenvalue weighted by Gasteiger charge is 2.25. The second kappa shape index (κ2) is 6.58. The van der Waals surface area contributed by atoms with E-state index in [-0.39, 0.29) is 11.5 Å². The second-order valence-corrected chi connectivity index (χ2v) is 5.75. The first-order chi connectivity index (χ1) is 7.55. The van der Waals surface area contributed by atoms with Crippen LogP contribution in [0.15, 0.2) is 0 Å². The molecule has 2 N–H and O–H groups in total. The summed E-state index contributed by atoms with van der Waals surface area (Å²) in [4.78, 5) is 0. The maximum Gasteiger partial charge on any atom is 0.0693 e. The highest BCUT2D eigenvalue weighted by Crippen LogP contribution is 2.22. The van der Waals surface area contributed by atoms with Gasteiger partial charge in [-0.15, -0.1) is 0 Å². The van der Waals surface area contributed by atoms with Crippen LogP contribution in [0.1, 0.15) is 46.0 Å². The van der Waals surface area contributed by atoms with Gasteiger partial charge in [-0.1, -0.05) is 26.7 Å². The Morgan fingerprint density at radius 2 is 2.00 bits per heavy atom. The molecule has 3 heteroatoms. The molecule has 3 nitrogen and oxygen atoms in total. The molecule has 96 valence electrons. The normalized spacial score (nSPS) is 27.0. The van der Waals surface area contributed by atoms with Gasteiger partial charge in [0.2, 0.25) is 0 Å². The van der Waals surface area contributed by atoms with E-state index in [9.17, 15) is 5.11 Å². The number of rotatable bonds is 6. The van der Waals surface area contributed by atoms with E-state index in [1.54, 1.807) is 7.11 Å². The molecule has 1 aliphatic rings. The molecule has 0 aromatic heterocycles. The maximum atomic E-state index is 9.85. The van der Waals surface area contributed by atoms with Gasteiger partial charge in [-0.25, -0.2) is 0 Å². The van der Waals surface area contributed by atoms with Crippen LogP contribution >= 0.6 is 0 Å². The fourth-order valence-corrected chi connectivity index (χ4v) is 2.22. The lowest BCUT2D eigenvalue weighted by Gasteiger charge is -2.33. The predicted molar refractivity (Wildman–Crippen MR) is 66.5 cm³/mol. The van der Waals surface area contributed by atoms with E-state index >= 15 is 0 Å². The van der Waals surface area contributed by atoms with Crippen molar-refractivity contribution in [3.8, 4) is 0 Å². The minimum Gasteiger partial charge on any atom is -0.392 e. The van der Waals surface area contributed by atoms with Crippen LogP contribution in [0.2, 0.25) is 0 Å². The molecule has 0 radical (unpaired) electrons. The molecule has 0 amide bonds. The van der Waals surface area contributed by atoms with Crippen molar-refractivity contribution in [2.24, 2.45) is 5.41 Å². The lowest BCUT2D eigenvalue weighted by Crippen LogP contribution is -2.45. The molecule has 0 aromatic carbocycles. The zero-order valence-corrected chi connectivity index (χ0v) is 11.0. The van der Waals surface area contributed by atoms with E-state index in [0.717, 1.165) is 32.4 Å². The van der Waals surface area contributed by atoms with Gasteiger partial charge in [0.05, 0.1) is 6.10 Å². The Morgan fingerprint density at radius 3 is 2.62 bits per heavy atom. The molecule has 0 aromatic rings. The molecule has 0 aliphatic heterocycles. The van der Waals surface area contributed by atoms with Crippen LogP contribution in [0.5, 0.6) is 0 Å². The Balaban J connectivity index is 2.26. The summed E-state index contributed by atoms with van der Waals surface area (Å²) < 4.78 is 5.11. The van der Waals surface area contributed by atoms with E-state index in [1.807, 2.05) is 0 Å². The lowest BCUT2D eigenvalue weighted by molar-refractivity contribution is 0.0811. The third kappa shape index (κ3) is 4.81. The smallest absolute Gasteiger partial charge is 0.0693 e. The molecule has 1 rings (SSSR count). The van der Waals surface area contributed by atoms with Crippen LogP contribution in [-0.2, 0) is 4.74 Å². The van der Waals surface area contributed by atoms with Crippen LogP contribution in [0.4, 0.5) is 0 Å². The van der Waals surface area contributed by atoms with Gasteiger partial charge in [-0.3, -0.25) is 0 Å². The zero-order valence-electron chi connectivity index (χ0n) is 11.0. The zero-order chi connectivity index (χ0) is 12.0. The summed E-state index contributed by atoms with van der Waals surface area (Å²) in [6.07, 6.45) is 5.39. The maximum absolute atomic E-state index is 9.85. The Kier molecular flexibility index (Phi) is 5.73. The van der Waals surface area contributed by atoms with Crippen molar-refractivity contribution < 1.29 is 9.84 Å². The average molecular weight is 229 g/mol. The lowest BCUT2D eigenvalue weighted by atomic mass is 9.87. The highest BCUT2D eigenvalue weighted by atomic mass is 16.5. The van der Waals surface area contributed by atoms with E-state index in [2.05, 4.69) is 19.2 Å². The SMILES string of the molecule is COCCC(C)(C)CN[C@H]1CCCC[C@@H]1O. The number of aliphatic hydroxyl groups is 1. The quantitative estimate of drug-likeness (QED) is 0.731. The summed E-state index contributed by atoms with van der Waals surface area (Å²) >= 11 is 0. The molecule has 1 fully saturated rings. The summed E-state index contributed by atoms with van der Waals surface area (Å²) in [6, 6.07) is 0.301. The molecular weight excluding hydrogens is 202 g/mol. The predicted octanol–water partition coefficient (Wildman–Crippen LogP) is 1.94. The van der Waals surface area contributed by atoms with Gasteiger partial charge in [0.25, 0.3) is 0 Å². The van der Waals surface area contributed by atoms with Crippen LogP contribution in [0.25, 0.3) is 0 Å². The number of hydrogen-bond donors (Lipinski definition) is 2. The van der Waals surface area contributed by atoms with E-state index in [4.69, 9.17) is 4.74 Å². The first-order valence-electron chi connectivity index (χ1n) is 6.45.